The summed E-state index contributed by atoms with van der Waals surface area (Å²) >= 11 is 5.84. The van der Waals surface area contributed by atoms with Crippen molar-refractivity contribution in [3.63, 3.8) is 0 Å². The number of nitrogen functional groups attached to an aromatic ring is 1. The van der Waals surface area contributed by atoms with Crippen LogP contribution in [0.2, 0.25) is 5.02 Å². The molecular formula is C12H19ClN2O3S. The SMILES string of the molecule is COCC(NS(=O)(=O)c1ccc(N)c(Cl)c1)C(C)C. The summed E-state index contributed by atoms with van der Waals surface area (Å²) in [5, 5.41) is 0.218. The summed E-state index contributed by atoms with van der Waals surface area (Å²) in [6, 6.07) is 3.93. The van der Waals surface area contributed by atoms with Gasteiger partial charge in [0, 0.05) is 13.2 Å². The number of rotatable bonds is 6. The molecule has 0 aromatic heterocycles. The summed E-state index contributed by atoms with van der Waals surface area (Å²) in [5.41, 5.74) is 5.91. The quantitative estimate of drug-likeness (QED) is 0.786. The summed E-state index contributed by atoms with van der Waals surface area (Å²) in [6.45, 7) is 4.14. The summed E-state index contributed by atoms with van der Waals surface area (Å²) in [4.78, 5) is 0.0912. The monoisotopic (exact) mass is 306 g/mol. The normalized spacial score (nSPS) is 13.7. The van der Waals surface area contributed by atoms with E-state index in [0.29, 0.717) is 12.3 Å². The zero-order valence-electron chi connectivity index (χ0n) is 11.2. The topological polar surface area (TPSA) is 81.4 Å². The Bertz CT molecular complexity index is 532. The molecule has 5 nitrogen and oxygen atoms in total. The molecule has 1 rings (SSSR count). The molecule has 0 aliphatic heterocycles. The predicted molar refractivity (Wildman–Crippen MR) is 76.7 cm³/mol. The third kappa shape index (κ3) is 4.35. The number of sulfonamides is 1. The van der Waals surface area contributed by atoms with Crippen LogP contribution in [0.1, 0.15) is 13.8 Å². The van der Waals surface area contributed by atoms with Gasteiger partial charge < -0.3 is 10.5 Å². The second-order valence-electron chi connectivity index (χ2n) is 4.61. The Labute approximate surface area is 119 Å². The number of halogens is 1. The number of hydrogen-bond acceptors (Lipinski definition) is 4. The van der Waals surface area contributed by atoms with Crippen LogP contribution < -0.4 is 10.5 Å². The van der Waals surface area contributed by atoms with Crippen molar-refractivity contribution in [3.8, 4) is 0 Å². The van der Waals surface area contributed by atoms with Crippen molar-refractivity contribution in [2.45, 2.75) is 24.8 Å². The lowest BCUT2D eigenvalue weighted by Gasteiger charge is -2.21. The van der Waals surface area contributed by atoms with E-state index in [1.807, 2.05) is 13.8 Å². The highest BCUT2D eigenvalue weighted by Crippen LogP contribution is 2.22. The van der Waals surface area contributed by atoms with Gasteiger partial charge in [0.25, 0.3) is 0 Å². The predicted octanol–water partition coefficient (Wildman–Crippen LogP) is 1.87. The van der Waals surface area contributed by atoms with Gasteiger partial charge >= 0.3 is 0 Å². The lowest BCUT2D eigenvalue weighted by Crippen LogP contribution is -2.41. The fourth-order valence-electron chi connectivity index (χ4n) is 1.48. The van der Waals surface area contributed by atoms with Gasteiger partial charge in [-0.1, -0.05) is 25.4 Å². The van der Waals surface area contributed by atoms with Crippen LogP contribution in [0.25, 0.3) is 0 Å². The molecule has 1 aromatic rings. The molecule has 3 N–H and O–H groups in total. The van der Waals surface area contributed by atoms with Gasteiger partial charge in [-0.15, -0.1) is 0 Å². The first kappa shape index (κ1) is 16.2. The number of nitrogens with two attached hydrogens (primary N) is 1. The van der Waals surface area contributed by atoms with Crippen molar-refractivity contribution in [2.75, 3.05) is 19.5 Å². The van der Waals surface area contributed by atoms with Crippen LogP contribution in [-0.2, 0) is 14.8 Å². The number of methoxy groups -OCH3 is 1. The largest absolute Gasteiger partial charge is 0.398 e. The Morgan fingerprint density at radius 1 is 1.42 bits per heavy atom. The van der Waals surface area contributed by atoms with E-state index in [-0.39, 0.29) is 21.9 Å². The first-order valence-electron chi connectivity index (χ1n) is 5.84. The van der Waals surface area contributed by atoms with Crippen molar-refractivity contribution in [3.05, 3.63) is 23.2 Å². The highest BCUT2D eigenvalue weighted by molar-refractivity contribution is 7.89. The minimum Gasteiger partial charge on any atom is -0.398 e. The van der Waals surface area contributed by atoms with E-state index in [1.165, 1.54) is 25.3 Å². The lowest BCUT2D eigenvalue weighted by molar-refractivity contribution is 0.157. The van der Waals surface area contributed by atoms with Gasteiger partial charge in [-0.05, 0) is 24.1 Å². The van der Waals surface area contributed by atoms with Crippen LogP contribution in [0.5, 0.6) is 0 Å². The molecule has 0 radical (unpaired) electrons. The van der Waals surface area contributed by atoms with Crippen molar-refractivity contribution in [1.29, 1.82) is 0 Å². The summed E-state index contributed by atoms with van der Waals surface area (Å²) in [5.74, 6) is 0.110. The standard InChI is InChI=1S/C12H19ClN2O3S/c1-8(2)12(7-18-3)15-19(16,17)9-4-5-11(14)10(13)6-9/h4-6,8,12,15H,7,14H2,1-3H3. The van der Waals surface area contributed by atoms with Crippen LogP contribution in [-0.4, -0.2) is 28.2 Å². The molecule has 0 aliphatic rings. The number of benzene rings is 1. The smallest absolute Gasteiger partial charge is 0.240 e. The van der Waals surface area contributed by atoms with E-state index < -0.39 is 10.0 Å². The zero-order chi connectivity index (χ0) is 14.6. The van der Waals surface area contributed by atoms with Gasteiger partial charge in [0.15, 0.2) is 0 Å². The molecular weight excluding hydrogens is 288 g/mol. The first-order chi connectivity index (χ1) is 8.77. The highest BCUT2D eigenvalue weighted by Gasteiger charge is 2.22. The molecule has 108 valence electrons. The van der Waals surface area contributed by atoms with Gasteiger partial charge in [-0.3, -0.25) is 0 Å². The Morgan fingerprint density at radius 3 is 2.53 bits per heavy atom. The van der Waals surface area contributed by atoms with E-state index >= 15 is 0 Å². The van der Waals surface area contributed by atoms with E-state index in [1.54, 1.807) is 0 Å². The molecule has 1 atom stereocenters. The molecule has 0 spiro atoms. The molecule has 1 unspecified atom stereocenters. The molecule has 0 bridgehead atoms. The summed E-state index contributed by atoms with van der Waals surface area (Å²) in [7, 11) is -2.10. The van der Waals surface area contributed by atoms with E-state index in [9.17, 15) is 8.42 Å². The third-order valence-corrected chi connectivity index (χ3v) is 4.55. The Hall–Kier alpha value is -0.820. The fraction of sp³-hybridized carbons (Fsp3) is 0.500. The van der Waals surface area contributed by atoms with Crippen molar-refractivity contribution in [1.82, 2.24) is 4.72 Å². The number of anilines is 1. The van der Waals surface area contributed by atoms with Gasteiger partial charge in [0.1, 0.15) is 0 Å². The maximum Gasteiger partial charge on any atom is 0.240 e. The highest BCUT2D eigenvalue weighted by atomic mass is 35.5. The van der Waals surface area contributed by atoms with Crippen LogP contribution in [0.3, 0.4) is 0 Å². The van der Waals surface area contributed by atoms with Crippen LogP contribution in [0.15, 0.2) is 23.1 Å². The molecule has 0 saturated carbocycles. The van der Waals surface area contributed by atoms with Gasteiger partial charge in [0.05, 0.1) is 22.2 Å². The third-order valence-electron chi connectivity index (χ3n) is 2.74. The lowest BCUT2D eigenvalue weighted by atomic mass is 10.1. The summed E-state index contributed by atoms with van der Waals surface area (Å²) < 4.78 is 32.1. The fourth-order valence-corrected chi connectivity index (χ4v) is 3.12. The Kier molecular flexibility index (Phi) is 5.61. The van der Waals surface area contributed by atoms with Crippen molar-refractivity contribution in [2.24, 2.45) is 5.92 Å². The minimum atomic E-state index is -3.64. The molecule has 0 saturated heterocycles. The molecule has 7 heteroatoms. The van der Waals surface area contributed by atoms with Crippen molar-refractivity contribution < 1.29 is 13.2 Å². The second kappa shape index (κ2) is 6.56. The van der Waals surface area contributed by atoms with E-state index in [4.69, 9.17) is 22.1 Å². The Balaban J connectivity index is 2.99. The molecule has 19 heavy (non-hydrogen) atoms. The average molecular weight is 307 g/mol. The minimum absolute atomic E-state index is 0.0912. The number of ether oxygens (including phenoxy) is 1. The first-order valence-corrected chi connectivity index (χ1v) is 7.70. The Morgan fingerprint density at radius 2 is 2.05 bits per heavy atom. The number of hydrogen-bond donors (Lipinski definition) is 2. The van der Waals surface area contributed by atoms with Crippen LogP contribution in [0, 0.1) is 5.92 Å². The van der Waals surface area contributed by atoms with Gasteiger partial charge in [-0.2, -0.15) is 0 Å². The van der Waals surface area contributed by atoms with Gasteiger partial charge in [-0.25, -0.2) is 13.1 Å². The van der Waals surface area contributed by atoms with E-state index in [0.717, 1.165) is 0 Å². The molecule has 0 aliphatic carbocycles. The van der Waals surface area contributed by atoms with Crippen LogP contribution in [0.4, 0.5) is 5.69 Å². The van der Waals surface area contributed by atoms with Crippen molar-refractivity contribution >= 4 is 27.3 Å². The zero-order valence-corrected chi connectivity index (χ0v) is 12.8. The maximum atomic E-state index is 12.2. The second-order valence-corrected chi connectivity index (χ2v) is 6.73. The number of nitrogens with one attached hydrogen (secondary N) is 1. The average Bonchev–Trinajstić information content (AvgIpc) is 2.31. The van der Waals surface area contributed by atoms with Crippen LogP contribution >= 0.6 is 11.6 Å². The maximum absolute atomic E-state index is 12.2. The molecule has 0 fully saturated rings. The molecule has 0 heterocycles. The summed E-state index contributed by atoms with van der Waals surface area (Å²) in [6.07, 6.45) is 0. The molecule has 1 aromatic carbocycles. The molecule has 0 amide bonds. The van der Waals surface area contributed by atoms with E-state index in [2.05, 4.69) is 4.72 Å². The van der Waals surface area contributed by atoms with Gasteiger partial charge in [0.2, 0.25) is 10.0 Å².